The molecule has 0 aliphatic heterocycles. The molecule has 2 aromatic rings. The lowest BCUT2D eigenvalue weighted by atomic mass is 10.1. The van der Waals surface area contributed by atoms with Gasteiger partial charge in [0.2, 0.25) is 0 Å². The van der Waals surface area contributed by atoms with Gasteiger partial charge in [0.1, 0.15) is 4.88 Å². The van der Waals surface area contributed by atoms with Gasteiger partial charge in [-0.2, -0.15) is 0 Å². The molecule has 0 aromatic carbocycles. The van der Waals surface area contributed by atoms with Crippen LogP contribution in [0.3, 0.4) is 0 Å². The summed E-state index contributed by atoms with van der Waals surface area (Å²) in [5, 5.41) is 2.07. The second-order valence-electron chi connectivity index (χ2n) is 4.27. The molecular formula is C15H18O2S2. The number of rotatable bonds is 6. The van der Waals surface area contributed by atoms with Crippen molar-refractivity contribution < 1.29 is 9.53 Å². The molecular weight excluding hydrogens is 276 g/mol. The Labute approximate surface area is 122 Å². The molecule has 0 aliphatic carbocycles. The maximum absolute atomic E-state index is 11.8. The van der Waals surface area contributed by atoms with Crippen LogP contribution in [0.1, 0.15) is 41.9 Å². The molecule has 4 heteroatoms. The van der Waals surface area contributed by atoms with Crippen LogP contribution < -0.4 is 0 Å². The fourth-order valence-corrected chi connectivity index (χ4v) is 3.89. The second-order valence-corrected chi connectivity index (χ2v) is 6.27. The third-order valence-electron chi connectivity index (χ3n) is 2.83. The van der Waals surface area contributed by atoms with E-state index in [1.807, 2.05) is 19.1 Å². The Bertz CT molecular complexity index is 526. The Morgan fingerprint density at radius 3 is 2.84 bits per heavy atom. The lowest BCUT2D eigenvalue weighted by Crippen LogP contribution is -2.01. The zero-order chi connectivity index (χ0) is 13.7. The third kappa shape index (κ3) is 3.45. The zero-order valence-corrected chi connectivity index (χ0v) is 12.9. The van der Waals surface area contributed by atoms with Gasteiger partial charge in [-0.05, 0) is 42.8 Å². The Balaban J connectivity index is 2.31. The van der Waals surface area contributed by atoms with Gasteiger partial charge in [-0.1, -0.05) is 19.4 Å². The molecule has 0 unspecified atom stereocenters. The Morgan fingerprint density at radius 2 is 2.21 bits per heavy atom. The number of ether oxygens (including phenoxy) is 1. The minimum Gasteiger partial charge on any atom is -0.462 e. The summed E-state index contributed by atoms with van der Waals surface area (Å²) in [6.45, 7) is 4.45. The van der Waals surface area contributed by atoms with Crippen LogP contribution in [-0.2, 0) is 11.2 Å². The lowest BCUT2D eigenvalue weighted by Gasteiger charge is -1.99. The average molecular weight is 294 g/mol. The summed E-state index contributed by atoms with van der Waals surface area (Å²) in [7, 11) is 0. The first-order valence-electron chi connectivity index (χ1n) is 6.60. The maximum Gasteiger partial charge on any atom is 0.348 e. The van der Waals surface area contributed by atoms with Gasteiger partial charge >= 0.3 is 5.97 Å². The predicted octanol–water partition coefficient (Wildman–Crippen LogP) is 5.00. The maximum atomic E-state index is 11.8. The van der Waals surface area contributed by atoms with Crippen LogP contribution in [0.15, 0.2) is 23.6 Å². The van der Waals surface area contributed by atoms with Crippen molar-refractivity contribution in [2.45, 2.75) is 33.1 Å². The van der Waals surface area contributed by atoms with Gasteiger partial charge in [-0.15, -0.1) is 22.7 Å². The standard InChI is InChI=1S/C15H18O2S2/c1-3-5-7-11-10-13(15(16)17-4-2)19-14(11)12-8-6-9-18-12/h6,8-10H,3-5,7H2,1-2H3. The fourth-order valence-electron chi connectivity index (χ4n) is 1.90. The molecule has 0 fully saturated rings. The topological polar surface area (TPSA) is 26.3 Å². The molecule has 0 spiro atoms. The number of carbonyl (C=O) groups is 1. The highest BCUT2D eigenvalue weighted by Crippen LogP contribution is 2.36. The van der Waals surface area contributed by atoms with Crippen molar-refractivity contribution in [1.82, 2.24) is 0 Å². The monoisotopic (exact) mass is 294 g/mol. The van der Waals surface area contributed by atoms with Gasteiger partial charge in [0.25, 0.3) is 0 Å². The van der Waals surface area contributed by atoms with Crippen LogP contribution in [0.5, 0.6) is 0 Å². The number of hydrogen-bond acceptors (Lipinski definition) is 4. The number of carbonyl (C=O) groups excluding carboxylic acids is 1. The molecule has 0 saturated carbocycles. The van der Waals surface area contributed by atoms with E-state index in [9.17, 15) is 4.79 Å². The van der Waals surface area contributed by atoms with E-state index in [4.69, 9.17) is 4.74 Å². The van der Waals surface area contributed by atoms with Gasteiger partial charge in [0, 0.05) is 9.75 Å². The summed E-state index contributed by atoms with van der Waals surface area (Å²) in [5.74, 6) is -0.201. The molecule has 0 N–H and O–H groups in total. The number of esters is 1. The van der Waals surface area contributed by atoms with Gasteiger partial charge < -0.3 is 4.74 Å². The van der Waals surface area contributed by atoms with E-state index >= 15 is 0 Å². The van der Waals surface area contributed by atoms with Crippen LogP contribution in [0, 0.1) is 0 Å². The van der Waals surface area contributed by atoms with E-state index in [-0.39, 0.29) is 5.97 Å². The molecule has 102 valence electrons. The van der Waals surface area contributed by atoms with Crippen molar-refractivity contribution in [3.8, 4) is 9.75 Å². The minimum absolute atomic E-state index is 0.201. The Kier molecular flexibility index (Phi) is 5.16. The van der Waals surface area contributed by atoms with Gasteiger partial charge in [-0.25, -0.2) is 4.79 Å². The Morgan fingerprint density at radius 1 is 1.37 bits per heavy atom. The van der Waals surface area contributed by atoms with Crippen LogP contribution in [0.25, 0.3) is 9.75 Å². The number of aryl methyl sites for hydroxylation is 1. The van der Waals surface area contributed by atoms with E-state index < -0.39 is 0 Å². The van der Waals surface area contributed by atoms with Gasteiger partial charge in [0.05, 0.1) is 6.61 Å². The molecule has 19 heavy (non-hydrogen) atoms. The largest absolute Gasteiger partial charge is 0.462 e. The molecule has 0 aliphatic rings. The van der Waals surface area contributed by atoms with Crippen molar-refractivity contribution in [1.29, 1.82) is 0 Å². The van der Waals surface area contributed by atoms with Crippen molar-refractivity contribution in [2.75, 3.05) is 6.61 Å². The molecule has 0 atom stereocenters. The van der Waals surface area contributed by atoms with Gasteiger partial charge in [0.15, 0.2) is 0 Å². The smallest absolute Gasteiger partial charge is 0.348 e. The molecule has 2 nitrogen and oxygen atoms in total. The highest BCUT2D eigenvalue weighted by molar-refractivity contribution is 7.22. The quantitative estimate of drug-likeness (QED) is 0.701. The molecule has 2 rings (SSSR count). The molecule has 0 amide bonds. The number of hydrogen-bond donors (Lipinski definition) is 0. The molecule has 2 heterocycles. The molecule has 0 saturated heterocycles. The van der Waals surface area contributed by atoms with Crippen LogP contribution in [-0.4, -0.2) is 12.6 Å². The molecule has 0 bridgehead atoms. The summed E-state index contributed by atoms with van der Waals surface area (Å²) >= 11 is 3.27. The van der Waals surface area contributed by atoms with Crippen molar-refractivity contribution in [3.05, 3.63) is 34.0 Å². The fraction of sp³-hybridized carbons (Fsp3) is 0.400. The van der Waals surface area contributed by atoms with Crippen molar-refractivity contribution >= 4 is 28.6 Å². The molecule has 2 aromatic heterocycles. The highest BCUT2D eigenvalue weighted by Gasteiger charge is 2.16. The summed E-state index contributed by atoms with van der Waals surface area (Å²) in [6.07, 6.45) is 3.34. The SMILES string of the molecule is CCCCc1cc(C(=O)OCC)sc1-c1cccs1. The zero-order valence-electron chi connectivity index (χ0n) is 11.3. The first-order valence-corrected chi connectivity index (χ1v) is 8.29. The number of unbranched alkanes of at least 4 members (excludes halogenated alkanes) is 1. The van der Waals surface area contributed by atoms with Crippen molar-refractivity contribution in [2.24, 2.45) is 0 Å². The van der Waals surface area contributed by atoms with Crippen LogP contribution >= 0.6 is 22.7 Å². The summed E-state index contributed by atoms with van der Waals surface area (Å²) in [4.78, 5) is 15.0. The summed E-state index contributed by atoms with van der Waals surface area (Å²) < 4.78 is 5.09. The van der Waals surface area contributed by atoms with Gasteiger partial charge in [-0.3, -0.25) is 0 Å². The van der Waals surface area contributed by atoms with Crippen molar-refractivity contribution in [3.63, 3.8) is 0 Å². The first-order chi connectivity index (χ1) is 9.26. The van der Waals surface area contributed by atoms with E-state index in [0.717, 1.165) is 24.1 Å². The second kappa shape index (κ2) is 6.87. The van der Waals surface area contributed by atoms with E-state index in [2.05, 4.69) is 18.4 Å². The predicted molar refractivity (Wildman–Crippen MR) is 82.2 cm³/mol. The highest BCUT2D eigenvalue weighted by atomic mass is 32.1. The van der Waals surface area contributed by atoms with E-state index in [0.29, 0.717) is 6.61 Å². The summed E-state index contributed by atoms with van der Waals surface area (Å²) in [5.41, 5.74) is 1.28. The lowest BCUT2D eigenvalue weighted by molar-refractivity contribution is 0.0532. The number of thiophene rings is 2. The first kappa shape index (κ1) is 14.3. The third-order valence-corrected chi connectivity index (χ3v) is 5.04. The van der Waals surface area contributed by atoms with Crippen LogP contribution in [0.2, 0.25) is 0 Å². The average Bonchev–Trinajstić information content (AvgIpc) is 3.05. The van der Waals surface area contributed by atoms with E-state index in [1.54, 1.807) is 22.7 Å². The normalized spacial score (nSPS) is 10.6. The Hall–Kier alpha value is -1.13. The minimum atomic E-state index is -0.201. The van der Waals surface area contributed by atoms with Crippen LogP contribution in [0.4, 0.5) is 0 Å². The molecule has 0 radical (unpaired) electrons. The summed E-state index contributed by atoms with van der Waals surface area (Å²) in [6, 6.07) is 6.17. The van der Waals surface area contributed by atoms with E-state index in [1.165, 1.54) is 15.3 Å².